The molecular weight excluding hydrogens is 320 g/mol. The fourth-order valence-corrected chi connectivity index (χ4v) is 2.91. The summed E-state index contributed by atoms with van der Waals surface area (Å²) in [5.41, 5.74) is 7.36. The van der Waals surface area contributed by atoms with Crippen LogP contribution in [-0.4, -0.2) is 48.8 Å². The highest BCUT2D eigenvalue weighted by atomic mass is 16.2. The molecular formula is C18H26N4O3. The van der Waals surface area contributed by atoms with Crippen molar-refractivity contribution in [2.24, 2.45) is 0 Å². The molecule has 25 heavy (non-hydrogen) atoms. The minimum Gasteiger partial charge on any atom is -0.398 e. The molecule has 0 bridgehead atoms. The Bertz CT molecular complexity index is 645. The van der Waals surface area contributed by atoms with Gasteiger partial charge in [0.15, 0.2) is 0 Å². The number of amides is 3. The first-order valence-electron chi connectivity index (χ1n) is 8.63. The zero-order chi connectivity index (χ0) is 18.4. The van der Waals surface area contributed by atoms with Crippen LogP contribution < -0.4 is 16.0 Å². The lowest BCUT2D eigenvalue weighted by Gasteiger charge is -2.22. The number of hydrogen-bond donors (Lipinski definition) is 2. The second-order valence-corrected chi connectivity index (χ2v) is 6.47. The summed E-state index contributed by atoms with van der Waals surface area (Å²) in [4.78, 5) is 38.3. The highest BCUT2D eigenvalue weighted by molar-refractivity contribution is 6.00. The molecule has 0 aromatic heterocycles. The van der Waals surface area contributed by atoms with Gasteiger partial charge in [0.25, 0.3) is 5.91 Å². The van der Waals surface area contributed by atoms with E-state index in [-0.39, 0.29) is 17.9 Å². The van der Waals surface area contributed by atoms with Crippen LogP contribution >= 0.6 is 0 Å². The second-order valence-electron chi connectivity index (χ2n) is 6.47. The monoisotopic (exact) mass is 346 g/mol. The Morgan fingerprint density at radius 1 is 1.44 bits per heavy atom. The third-order valence-electron chi connectivity index (χ3n) is 4.31. The number of rotatable bonds is 8. The first-order chi connectivity index (χ1) is 11.9. The van der Waals surface area contributed by atoms with Gasteiger partial charge in [-0.25, -0.2) is 0 Å². The van der Waals surface area contributed by atoms with Gasteiger partial charge in [0.05, 0.1) is 5.56 Å². The van der Waals surface area contributed by atoms with Crippen LogP contribution in [0.1, 0.15) is 43.5 Å². The summed E-state index contributed by atoms with van der Waals surface area (Å²) in [6, 6.07) is 4.97. The predicted octanol–water partition coefficient (Wildman–Crippen LogP) is 1.38. The van der Waals surface area contributed by atoms with E-state index < -0.39 is 0 Å². The van der Waals surface area contributed by atoms with Crippen LogP contribution in [0, 0.1) is 0 Å². The van der Waals surface area contributed by atoms with Crippen molar-refractivity contribution in [3.05, 3.63) is 23.8 Å². The molecule has 0 unspecified atom stereocenters. The quantitative estimate of drug-likeness (QED) is 0.422. The van der Waals surface area contributed by atoms with Crippen LogP contribution in [0.25, 0.3) is 0 Å². The van der Waals surface area contributed by atoms with E-state index in [0.29, 0.717) is 42.9 Å². The number of nitrogens with one attached hydrogen (secondary N) is 1. The first kappa shape index (κ1) is 18.8. The van der Waals surface area contributed by atoms with Gasteiger partial charge in [0.2, 0.25) is 12.3 Å². The van der Waals surface area contributed by atoms with Gasteiger partial charge in [0, 0.05) is 43.5 Å². The Morgan fingerprint density at radius 2 is 2.20 bits per heavy atom. The maximum Gasteiger partial charge on any atom is 0.253 e. The number of hydrogen-bond acceptors (Lipinski definition) is 4. The largest absolute Gasteiger partial charge is 0.398 e. The Morgan fingerprint density at radius 3 is 2.76 bits per heavy atom. The molecule has 1 saturated heterocycles. The molecule has 136 valence electrons. The van der Waals surface area contributed by atoms with Crippen LogP contribution in [0.15, 0.2) is 18.2 Å². The van der Waals surface area contributed by atoms with E-state index in [1.165, 1.54) is 0 Å². The smallest absolute Gasteiger partial charge is 0.253 e. The summed E-state index contributed by atoms with van der Waals surface area (Å²) in [5.74, 6) is -0.0601. The average molecular weight is 346 g/mol. The normalized spacial score (nSPS) is 14.0. The number of carbonyl (C=O) groups excluding carboxylic acids is 3. The Hall–Kier alpha value is -2.57. The zero-order valence-electron chi connectivity index (χ0n) is 14.8. The van der Waals surface area contributed by atoms with Crippen LogP contribution in [0.2, 0.25) is 0 Å². The molecule has 1 fully saturated rings. The van der Waals surface area contributed by atoms with Crippen molar-refractivity contribution < 1.29 is 14.4 Å². The molecule has 1 heterocycles. The van der Waals surface area contributed by atoms with Crippen LogP contribution in [-0.2, 0) is 9.59 Å². The van der Waals surface area contributed by atoms with Crippen molar-refractivity contribution in [2.75, 3.05) is 30.3 Å². The first-order valence-corrected chi connectivity index (χ1v) is 8.63. The SMILES string of the molecule is CC(C)N(C=O)c1ccc(C(=O)NCCCN2CCCC2=O)c(N)c1. The van der Waals surface area contributed by atoms with Gasteiger partial charge >= 0.3 is 0 Å². The molecule has 0 atom stereocenters. The van der Waals surface area contributed by atoms with E-state index in [9.17, 15) is 14.4 Å². The highest BCUT2D eigenvalue weighted by Gasteiger charge is 2.19. The lowest BCUT2D eigenvalue weighted by Crippen LogP contribution is -2.31. The number of nitrogens with zero attached hydrogens (tertiary/aromatic N) is 2. The topological polar surface area (TPSA) is 95.7 Å². The van der Waals surface area contributed by atoms with Crippen molar-refractivity contribution in [3.63, 3.8) is 0 Å². The van der Waals surface area contributed by atoms with Crippen molar-refractivity contribution in [2.45, 2.75) is 39.2 Å². The third-order valence-corrected chi connectivity index (χ3v) is 4.31. The Kier molecular flexibility index (Phi) is 6.38. The minimum absolute atomic E-state index is 0.00451. The molecule has 0 saturated carbocycles. The molecule has 1 aromatic rings. The summed E-state index contributed by atoms with van der Waals surface area (Å²) in [6.45, 7) is 5.75. The standard InChI is InChI=1S/C18H26N4O3/c1-13(2)22(12-23)14-6-7-15(16(19)11-14)18(25)20-8-4-10-21-9-3-5-17(21)24/h6-7,11-13H,3-5,8-10,19H2,1-2H3,(H,20,25). The van der Waals surface area contributed by atoms with Crippen LogP contribution in [0.5, 0.6) is 0 Å². The maximum atomic E-state index is 12.3. The van der Waals surface area contributed by atoms with Gasteiger partial charge < -0.3 is 20.9 Å². The van der Waals surface area contributed by atoms with Crippen molar-refractivity contribution in [3.8, 4) is 0 Å². The zero-order valence-corrected chi connectivity index (χ0v) is 14.8. The van der Waals surface area contributed by atoms with E-state index in [0.717, 1.165) is 19.4 Å². The Labute approximate surface area is 148 Å². The number of nitrogen functional groups attached to an aromatic ring is 1. The second kappa shape index (κ2) is 8.50. The Balaban J connectivity index is 1.88. The highest BCUT2D eigenvalue weighted by Crippen LogP contribution is 2.22. The molecule has 0 aliphatic carbocycles. The lowest BCUT2D eigenvalue weighted by atomic mass is 10.1. The van der Waals surface area contributed by atoms with Gasteiger partial charge in [0.1, 0.15) is 0 Å². The maximum absolute atomic E-state index is 12.3. The summed E-state index contributed by atoms with van der Waals surface area (Å²) in [6.07, 6.45) is 3.01. The van der Waals surface area contributed by atoms with Gasteiger partial charge in [-0.2, -0.15) is 0 Å². The minimum atomic E-state index is -0.251. The number of nitrogens with two attached hydrogens (primary N) is 1. The number of likely N-dealkylation sites (tertiary alicyclic amines) is 1. The van der Waals surface area contributed by atoms with E-state index in [1.54, 1.807) is 23.1 Å². The summed E-state index contributed by atoms with van der Waals surface area (Å²) in [5, 5.41) is 2.82. The fraction of sp³-hybridized carbons (Fsp3) is 0.500. The molecule has 7 nitrogen and oxygen atoms in total. The molecule has 0 radical (unpaired) electrons. The molecule has 2 rings (SSSR count). The van der Waals surface area contributed by atoms with Gasteiger partial charge in [-0.3, -0.25) is 14.4 Å². The summed E-state index contributed by atoms with van der Waals surface area (Å²) < 4.78 is 0. The van der Waals surface area contributed by atoms with E-state index >= 15 is 0 Å². The van der Waals surface area contributed by atoms with E-state index in [2.05, 4.69) is 5.32 Å². The summed E-state index contributed by atoms with van der Waals surface area (Å²) >= 11 is 0. The molecule has 7 heteroatoms. The van der Waals surface area contributed by atoms with Crippen LogP contribution in [0.4, 0.5) is 11.4 Å². The number of benzene rings is 1. The molecule has 1 aliphatic rings. The van der Waals surface area contributed by atoms with Crippen molar-refractivity contribution >= 4 is 29.6 Å². The third kappa shape index (κ3) is 4.71. The van der Waals surface area contributed by atoms with Gasteiger partial charge in [-0.05, 0) is 44.9 Å². The average Bonchev–Trinajstić information content (AvgIpc) is 2.97. The molecule has 3 N–H and O–H groups in total. The van der Waals surface area contributed by atoms with E-state index in [1.807, 2.05) is 18.7 Å². The fourth-order valence-electron chi connectivity index (χ4n) is 2.91. The molecule has 1 aliphatic heterocycles. The lowest BCUT2D eigenvalue weighted by molar-refractivity contribution is -0.127. The summed E-state index contributed by atoms with van der Waals surface area (Å²) in [7, 11) is 0. The van der Waals surface area contributed by atoms with Gasteiger partial charge in [-0.15, -0.1) is 0 Å². The molecule has 0 spiro atoms. The number of carbonyl (C=O) groups is 3. The predicted molar refractivity (Wildman–Crippen MR) is 97.3 cm³/mol. The van der Waals surface area contributed by atoms with E-state index in [4.69, 9.17) is 5.73 Å². The van der Waals surface area contributed by atoms with Crippen molar-refractivity contribution in [1.29, 1.82) is 0 Å². The number of anilines is 2. The van der Waals surface area contributed by atoms with Gasteiger partial charge in [-0.1, -0.05) is 0 Å². The van der Waals surface area contributed by atoms with Crippen LogP contribution in [0.3, 0.4) is 0 Å². The van der Waals surface area contributed by atoms with Crippen molar-refractivity contribution in [1.82, 2.24) is 10.2 Å². The molecule has 3 amide bonds. The molecule has 1 aromatic carbocycles.